The molecule has 0 aliphatic carbocycles. The third kappa shape index (κ3) is 6.60. The second kappa shape index (κ2) is 12.0. The number of hydrogen-bond donors (Lipinski definition) is 1. The maximum Gasteiger partial charge on any atom is 0.251 e. The number of amides is 2. The average Bonchev–Trinajstić information content (AvgIpc) is 3.13. The third-order valence-corrected chi connectivity index (χ3v) is 6.15. The predicted molar refractivity (Wildman–Crippen MR) is 138 cm³/mol. The number of nitrogens with zero attached hydrogens (tertiary/aromatic N) is 3. The van der Waals surface area contributed by atoms with Crippen LogP contribution in [0.25, 0.3) is 11.0 Å². The lowest BCUT2D eigenvalue weighted by Crippen LogP contribution is -2.43. The first kappa shape index (κ1) is 25.8. The van der Waals surface area contributed by atoms with Crippen molar-refractivity contribution in [3.8, 4) is 0 Å². The Morgan fingerprint density at radius 2 is 1.65 bits per heavy atom. The minimum atomic E-state index is -0.0863. The van der Waals surface area contributed by atoms with Crippen LogP contribution in [0.15, 0.2) is 48.5 Å². The molecule has 2 amide bonds. The van der Waals surface area contributed by atoms with E-state index in [0.29, 0.717) is 23.7 Å². The second-order valence-electron chi connectivity index (χ2n) is 9.16. The summed E-state index contributed by atoms with van der Waals surface area (Å²) in [4.78, 5) is 32.1. The van der Waals surface area contributed by atoms with Gasteiger partial charge < -0.3 is 14.8 Å². The van der Waals surface area contributed by atoms with Crippen molar-refractivity contribution in [2.75, 3.05) is 6.54 Å². The number of aryl methyl sites for hydroxylation is 1. The first-order chi connectivity index (χ1) is 16.3. The smallest absolute Gasteiger partial charge is 0.251 e. The number of fused-ring (bicyclic) bond motifs is 1. The number of benzene rings is 2. The van der Waals surface area contributed by atoms with Crippen LogP contribution in [0.3, 0.4) is 0 Å². The van der Waals surface area contributed by atoms with Gasteiger partial charge in [-0.3, -0.25) is 9.59 Å². The highest BCUT2D eigenvalue weighted by Crippen LogP contribution is 2.19. The van der Waals surface area contributed by atoms with Crippen molar-refractivity contribution >= 4 is 34.4 Å². The van der Waals surface area contributed by atoms with Crippen LogP contribution in [0.2, 0.25) is 5.02 Å². The van der Waals surface area contributed by atoms with E-state index in [1.807, 2.05) is 29.2 Å². The molecule has 182 valence electrons. The van der Waals surface area contributed by atoms with Crippen LogP contribution in [-0.4, -0.2) is 44.9 Å². The van der Waals surface area contributed by atoms with Crippen molar-refractivity contribution in [3.63, 3.8) is 0 Å². The Bertz CT molecular complexity index is 1100. The number of para-hydroxylation sites is 2. The minimum Gasteiger partial charge on any atom is -0.352 e. The summed E-state index contributed by atoms with van der Waals surface area (Å²) in [5, 5.41) is 3.57. The lowest BCUT2D eigenvalue weighted by atomic mass is 10.1. The number of aromatic nitrogens is 2. The highest BCUT2D eigenvalue weighted by atomic mass is 35.5. The topological polar surface area (TPSA) is 67.2 Å². The van der Waals surface area contributed by atoms with E-state index < -0.39 is 0 Å². The van der Waals surface area contributed by atoms with E-state index in [-0.39, 0.29) is 23.9 Å². The number of nitrogens with one attached hydrogen (secondary N) is 1. The molecule has 1 N–H and O–H groups in total. The number of hydrogen-bond acceptors (Lipinski definition) is 3. The normalized spacial score (nSPS) is 11.4. The van der Waals surface area contributed by atoms with Crippen LogP contribution >= 0.6 is 11.6 Å². The summed E-state index contributed by atoms with van der Waals surface area (Å²) < 4.78 is 2.07. The Morgan fingerprint density at radius 3 is 2.32 bits per heavy atom. The van der Waals surface area contributed by atoms with Gasteiger partial charge in [-0.1, -0.05) is 30.2 Å². The largest absolute Gasteiger partial charge is 0.352 e. The van der Waals surface area contributed by atoms with Gasteiger partial charge in [-0.05, 0) is 76.9 Å². The minimum absolute atomic E-state index is 0.0863. The number of carbonyl (C=O) groups is 2. The van der Waals surface area contributed by atoms with Gasteiger partial charge in [0, 0.05) is 35.6 Å². The zero-order chi connectivity index (χ0) is 24.7. The van der Waals surface area contributed by atoms with Gasteiger partial charge in [0.15, 0.2) is 0 Å². The van der Waals surface area contributed by atoms with Crippen LogP contribution in [0, 0.1) is 0 Å². The zero-order valence-electron chi connectivity index (χ0n) is 20.6. The molecule has 0 atom stereocenters. The number of halogens is 1. The SMILES string of the molecule is CC(C)N(C(=O)Cn1c(CCCCCNC(=O)c2ccc(Cl)cc2)nc2ccccc21)C(C)C. The highest BCUT2D eigenvalue weighted by Gasteiger charge is 2.22. The number of rotatable bonds is 11. The Balaban J connectivity index is 1.56. The molecule has 0 saturated carbocycles. The van der Waals surface area contributed by atoms with Crippen molar-refractivity contribution in [1.29, 1.82) is 0 Å². The number of carbonyl (C=O) groups excluding carboxylic acids is 2. The molecule has 34 heavy (non-hydrogen) atoms. The van der Waals surface area contributed by atoms with Gasteiger partial charge in [-0.15, -0.1) is 0 Å². The fourth-order valence-corrected chi connectivity index (χ4v) is 4.50. The van der Waals surface area contributed by atoms with Crippen LogP contribution in [0.1, 0.15) is 63.1 Å². The molecule has 0 unspecified atom stereocenters. The van der Waals surface area contributed by atoms with Gasteiger partial charge >= 0.3 is 0 Å². The maximum atomic E-state index is 13.1. The molecule has 3 rings (SSSR count). The summed E-state index contributed by atoms with van der Waals surface area (Å²) in [7, 11) is 0. The quantitative estimate of drug-likeness (QED) is 0.368. The second-order valence-corrected chi connectivity index (χ2v) is 9.60. The van der Waals surface area contributed by atoms with Gasteiger partial charge in [0.05, 0.1) is 11.0 Å². The van der Waals surface area contributed by atoms with Crippen LogP contribution in [0.5, 0.6) is 0 Å². The Labute approximate surface area is 207 Å². The predicted octanol–water partition coefficient (Wildman–Crippen LogP) is 5.48. The number of unbranched alkanes of at least 4 members (excludes halogenated alkanes) is 2. The van der Waals surface area contributed by atoms with E-state index in [1.165, 1.54) is 0 Å². The summed E-state index contributed by atoms with van der Waals surface area (Å²) in [6.07, 6.45) is 3.57. The van der Waals surface area contributed by atoms with Crippen LogP contribution < -0.4 is 5.32 Å². The lowest BCUT2D eigenvalue weighted by Gasteiger charge is -2.31. The van der Waals surface area contributed by atoms with Crippen molar-refractivity contribution in [2.45, 2.75) is 72.0 Å². The third-order valence-electron chi connectivity index (χ3n) is 5.90. The molecular formula is C27H35ClN4O2. The first-order valence-corrected chi connectivity index (χ1v) is 12.4. The molecule has 7 heteroatoms. The van der Waals surface area contributed by atoms with Gasteiger partial charge in [0.25, 0.3) is 5.91 Å². The molecule has 0 spiro atoms. The van der Waals surface area contributed by atoms with Gasteiger partial charge in [-0.2, -0.15) is 0 Å². The molecule has 0 bridgehead atoms. The fourth-order valence-electron chi connectivity index (χ4n) is 4.37. The summed E-state index contributed by atoms with van der Waals surface area (Å²) in [6.45, 7) is 9.12. The van der Waals surface area contributed by atoms with E-state index in [2.05, 4.69) is 37.6 Å². The van der Waals surface area contributed by atoms with Gasteiger partial charge in [-0.25, -0.2) is 4.98 Å². The summed E-state index contributed by atoms with van der Waals surface area (Å²) >= 11 is 5.88. The zero-order valence-corrected chi connectivity index (χ0v) is 21.3. The van der Waals surface area contributed by atoms with E-state index in [4.69, 9.17) is 16.6 Å². The molecule has 1 aromatic heterocycles. The van der Waals surface area contributed by atoms with Crippen LogP contribution in [0.4, 0.5) is 0 Å². The van der Waals surface area contributed by atoms with Crippen LogP contribution in [-0.2, 0) is 17.8 Å². The average molecular weight is 483 g/mol. The lowest BCUT2D eigenvalue weighted by molar-refractivity contribution is -0.135. The number of imidazole rings is 1. The van der Waals surface area contributed by atoms with Crippen molar-refractivity contribution in [1.82, 2.24) is 19.8 Å². The van der Waals surface area contributed by atoms with Gasteiger partial charge in [0.1, 0.15) is 12.4 Å². The Hall–Kier alpha value is -2.86. The highest BCUT2D eigenvalue weighted by molar-refractivity contribution is 6.30. The fraction of sp³-hybridized carbons (Fsp3) is 0.444. The monoisotopic (exact) mass is 482 g/mol. The molecule has 0 fully saturated rings. The standard InChI is InChI=1S/C27H35ClN4O2/c1-19(2)32(20(3)4)26(33)18-31-24-11-8-7-10-23(24)30-25(31)12-6-5-9-17-29-27(34)21-13-15-22(28)16-14-21/h7-8,10-11,13-16,19-20H,5-6,9,12,17-18H2,1-4H3,(H,29,34). The molecule has 3 aromatic rings. The molecule has 6 nitrogen and oxygen atoms in total. The Kier molecular flexibility index (Phi) is 9.11. The summed E-state index contributed by atoms with van der Waals surface area (Å²) in [5.41, 5.74) is 2.52. The van der Waals surface area contributed by atoms with Crippen molar-refractivity contribution in [2.24, 2.45) is 0 Å². The molecule has 1 heterocycles. The van der Waals surface area contributed by atoms with E-state index in [1.54, 1.807) is 24.3 Å². The molecule has 2 aromatic carbocycles. The van der Waals surface area contributed by atoms with E-state index in [9.17, 15) is 9.59 Å². The van der Waals surface area contributed by atoms with E-state index in [0.717, 1.165) is 42.5 Å². The molecule has 0 radical (unpaired) electrons. The Morgan fingerprint density at radius 1 is 0.971 bits per heavy atom. The van der Waals surface area contributed by atoms with E-state index >= 15 is 0 Å². The first-order valence-electron chi connectivity index (χ1n) is 12.1. The maximum absolute atomic E-state index is 13.1. The summed E-state index contributed by atoms with van der Waals surface area (Å²) in [5.74, 6) is 0.961. The summed E-state index contributed by atoms with van der Waals surface area (Å²) in [6, 6.07) is 15.2. The van der Waals surface area contributed by atoms with Crippen molar-refractivity contribution in [3.05, 3.63) is 64.9 Å². The molecule has 0 saturated heterocycles. The molecular weight excluding hydrogens is 448 g/mol. The molecule has 0 aliphatic heterocycles. The van der Waals surface area contributed by atoms with Crippen molar-refractivity contribution < 1.29 is 9.59 Å². The molecule has 0 aliphatic rings. The van der Waals surface area contributed by atoms with Gasteiger partial charge in [0.2, 0.25) is 5.91 Å².